The summed E-state index contributed by atoms with van der Waals surface area (Å²) in [6, 6.07) is 0. The summed E-state index contributed by atoms with van der Waals surface area (Å²) in [5.74, 6) is 0.127. The third-order valence-electron chi connectivity index (χ3n) is 1.56. The molecule has 1 unspecified atom stereocenters. The van der Waals surface area contributed by atoms with Gasteiger partial charge < -0.3 is 15.1 Å². The smallest absolute Gasteiger partial charge is 0.356 e. The Morgan fingerprint density at radius 2 is 2.50 bits per heavy atom. The minimum Gasteiger partial charge on any atom is -0.490 e. The van der Waals surface area contributed by atoms with Crippen LogP contribution in [0.15, 0.2) is 24.0 Å². The van der Waals surface area contributed by atoms with Crippen LogP contribution in [-0.2, 0) is 9.53 Å². The first-order valence-corrected chi connectivity index (χ1v) is 3.43. The van der Waals surface area contributed by atoms with E-state index in [0.29, 0.717) is 11.5 Å². The van der Waals surface area contributed by atoms with Gasteiger partial charge in [-0.05, 0) is 6.08 Å². The topological polar surface area (TPSA) is 62.7 Å². The zero-order chi connectivity index (χ0) is 8.97. The molecule has 4 nitrogen and oxygen atoms in total. The van der Waals surface area contributed by atoms with Crippen molar-refractivity contribution in [2.45, 2.75) is 0 Å². The summed E-state index contributed by atoms with van der Waals surface area (Å²) in [6.07, 6.45) is 5.54. The van der Waals surface area contributed by atoms with Crippen molar-refractivity contribution in [2.75, 3.05) is 7.11 Å². The largest absolute Gasteiger partial charge is 0.490 e. The number of hydrogen-bond donors (Lipinski definition) is 0. The normalized spacial score (nSPS) is 21.2. The minimum atomic E-state index is -0.287. The first-order chi connectivity index (χ1) is 5.81. The van der Waals surface area contributed by atoms with Crippen LogP contribution in [0.1, 0.15) is 0 Å². The van der Waals surface area contributed by atoms with Gasteiger partial charge in [0.15, 0.2) is 0 Å². The fourth-order valence-corrected chi connectivity index (χ4v) is 0.940. The molecule has 1 aliphatic rings. The summed E-state index contributed by atoms with van der Waals surface area (Å²) < 4.78 is 4.89. The van der Waals surface area contributed by atoms with Crippen LogP contribution in [0.5, 0.6) is 0 Å². The lowest BCUT2D eigenvalue weighted by Crippen LogP contribution is -2.11. The van der Waals surface area contributed by atoms with Gasteiger partial charge in [0.25, 0.3) is 0 Å². The lowest BCUT2D eigenvalue weighted by atomic mass is 10.0. The van der Waals surface area contributed by atoms with E-state index in [4.69, 9.17) is 10.3 Å². The number of carbonyl (C=O) groups is 1. The van der Waals surface area contributed by atoms with Gasteiger partial charge in [0, 0.05) is 6.08 Å². The Hall–Kier alpha value is -1.67. The van der Waals surface area contributed by atoms with Gasteiger partial charge in [-0.1, -0.05) is 6.08 Å². The summed E-state index contributed by atoms with van der Waals surface area (Å²) in [7, 11) is 1.46. The first kappa shape index (κ1) is 8.43. The molecule has 0 amide bonds. The second kappa shape index (κ2) is 3.64. The number of methoxy groups -OCH3 is 1. The number of allylic oxidation sites excluding steroid dienone is 3. The van der Waals surface area contributed by atoms with Crippen LogP contribution in [-0.4, -0.2) is 23.9 Å². The molecular weight excluding hydrogens is 156 g/mol. The molecule has 4 heteroatoms. The minimum absolute atomic E-state index is 0.287. The van der Waals surface area contributed by atoms with Crippen LogP contribution < -0.4 is 0 Å². The quantitative estimate of drug-likeness (QED) is 0.340. The Morgan fingerprint density at radius 1 is 1.75 bits per heavy atom. The predicted molar refractivity (Wildman–Crippen MR) is 42.4 cm³/mol. The van der Waals surface area contributed by atoms with Crippen LogP contribution in [0, 0.1) is 5.92 Å². The van der Waals surface area contributed by atoms with Crippen LogP contribution in [0.4, 0.5) is 0 Å². The Kier molecular flexibility index (Phi) is 2.56. The molecule has 0 aromatic rings. The van der Waals surface area contributed by atoms with Crippen LogP contribution in [0.3, 0.4) is 0 Å². The van der Waals surface area contributed by atoms with E-state index in [2.05, 4.69) is 4.79 Å². The zero-order valence-electron chi connectivity index (χ0n) is 6.60. The molecular formula is C8H8N2O2. The Bertz CT molecular complexity index is 298. The third kappa shape index (κ3) is 1.49. The summed E-state index contributed by atoms with van der Waals surface area (Å²) in [6.45, 7) is 0. The molecule has 0 bridgehead atoms. The molecule has 12 heavy (non-hydrogen) atoms. The average Bonchev–Trinajstić information content (AvgIpc) is 2.16. The SMILES string of the molecule is COC1=CC(C=O)C=CC1=[N+]=[N-]. The molecule has 0 aliphatic heterocycles. The standard InChI is InChI=1S/C8H8N2O2/c1-12-8-4-6(5-11)2-3-7(8)10-9/h2-6H,1H3. The van der Waals surface area contributed by atoms with E-state index in [1.807, 2.05) is 0 Å². The molecule has 0 fully saturated rings. The van der Waals surface area contributed by atoms with Crippen LogP contribution in [0.2, 0.25) is 0 Å². The van der Waals surface area contributed by atoms with Gasteiger partial charge in [0.05, 0.1) is 13.0 Å². The molecule has 0 aromatic carbocycles. The van der Waals surface area contributed by atoms with Gasteiger partial charge in [0.2, 0.25) is 5.76 Å². The monoisotopic (exact) mass is 164 g/mol. The molecule has 1 rings (SSSR count). The summed E-state index contributed by atoms with van der Waals surface area (Å²) in [5.41, 5.74) is 8.81. The highest BCUT2D eigenvalue weighted by molar-refractivity contribution is 6.04. The van der Waals surface area contributed by atoms with Gasteiger partial charge in [0.1, 0.15) is 6.29 Å². The maximum Gasteiger partial charge on any atom is 0.356 e. The number of ether oxygens (including phenoxy) is 1. The maximum absolute atomic E-state index is 10.4. The highest BCUT2D eigenvalue weighted by Crippen LogP contribution is 2.11. The van der Waals surface area contributed by atoms with Crippen molar-refractivity contribution in [3.63, 3.8) is 0 Å². The molecule has 0 aromatic heterocycles. The molecule has 0 saturated carbocycles. The highest BCUT2D eigenvalue weighted by atomic mass is 16.5. The van der Waals surface area contributed by atoms with Crippen molar-refractivity contribution in [3.8, 4) is 0 Å². The van der Waals surface area contributed by atoms with Gasteiger partial charge in [-0.2, -0.15) is 4.79 Å². The second-order valence-electron chi connectivity index (χ2n) is 2.29. The summed E-state index contributed by atoms with van der Waals surface area (Å²) in [4.78, 5) is 13.4. The van der Waals surface area contributed by atoms with E-state index in [-0.39, 0.29) is 5.92 Å². The van der Waals surface area contributed by atoms with Crippen LogP contribution in [0.25, 0.3) is 5.53 Å². The van der Waals surface area contributed by atoms with Gasteiger partial charge >= 0.3 is 5.71 Å². The van der Waals surface area contributed by atoms with Crippen molar-refractivity contribution >= 4 is 12.0 Å². The fourth-order valence-electron chi connectivity index (χ4n) is 0.940. The van der Waals surface area contributed by atoms with Gasteiger partial charge in [-0.15, -0.1) is 0 Å². The fraction of sp³-hybridized carbons (Fsp3) is 0.250. The van der Waals surface area contributed by atoms with Crippen molar-refractivity contribution in [3.05, 3.63) is 29.5 Å². The maximum atomic E-state index is 10.4. The number of carbonyl (C=O) groups excluding carboxylic acids is 1. The highest BCUT2D eigenvalue weighted by Gasteiger charge is 2.19. The van der Waals surface area contributed by atoms with E-state index in [0.717, 1.165) is 6.29 Å². The Morgan fingerprint density at radius 3 is 3.00 bits per heavy atom. The average molecular weight is 164 g/mol. The third-order valence-corrected chi connectivity index (χ3v) is 1.56. The zero-order valence-corrected chi connectivity index (χ0v) is 6.60. The number of aldehydes is 1. The molecule has 1 atom stereocenters. The molecule has 0 N–H and O–H groups in total. The predicted octanol–water partition coefficient (Wildman–Crippen LogP) is 0.572. The number of rotatable bonds is 2. The lowest BCUT2D eigenvalue weighted by molar-refractivity contribution is -0.109. The Balaban J connectivity index is 2.97. The second-order valence-corrected chi connectivity index (χ2v) is 2.29. The molecule has 62 valence electrons. The Labute approximate surface area is 69.8 Å². The molecule has 0 spiro atoms. The number of hydrogen-bond acceptors (Lipinski definition) is 2. The molecule has 0 radical (unpaired) electrons. The van der Waals surface area contributed by atoms with Crippen molar-refractivity contribution in [2.24, 2.45) is 5.92 Å². The van der Waals surface area contributed by atoms with E-state index in [1.54, 1.807) is 12.2 Å². The van der Waals surface area contributed by atoms with Crippen molar-refractivity contribution in [1.82, 2.24) is 0 Å². The van der Waals surface area contributed by atoms with Crippen molar-refractivity contribution in [1.29, 1.82) is 0 Å². The van der Waals surface area contributed by atoms with Crippen LogP contribution >= 0.6 is 0 Å². The van der Waals surface area contributed by atoms with Gasteiger partial charge in [-0.3, -0.25) is 0 Å². The lowest BCUT2D eigenvalue weighted by Gasteiger charge is -2.05. The van der Waals surface area contributed by atoms with Gasteiger partial charge in [-0.25, -0.2) is 0 Å². The van der Waals surface area contributed by atoms with Crippen molar-refractivity contribution < 1.29 is 14.3 Å². The first-order valence-electron chi connectivity index (χ1n) is 3.43. The molecule has 0 heterocycles. The summed E-state index contributed by atoms with van der Waals surface area (Å²) >= 11 is 0. The number of nitrogens with zero attached hydrogens (tertiary/aromatic N) is 2. The summed E-state index contributed by atoms with van der Waals surface area (Å²) in [5, 5.41) is 0. The van der Waals surface area contributed by atoms with E-state index in [9.17, 15) is 4.79 Å². The van der Waals surface area contributed by atoms with E-state index >= 15 is 0 Å². The van der Waals surface area contributed by atoms with E-state index < -0.39 is 0 Å². The molecule has 0 saturated heterocycles. The van der Waals surface area contributed by atoms with E-state index in [1.165, 1.54) is 13.2 Å². The molecule has 1 aliphatic carbocycles.